The SMILES string of the molecule is CO/N=C(\C(=O)N[C@H]1CN(C(=O)NS(=O)(=O)NC(C)C)C1=O)c1csc(NC(c2ccccc2)(c2ccccc2)c2ccccc2)n1. The van der Waals surface area contributed by atoms with Gasteiger partial charge < -0.3 is 15.5 Å². The Labute approximate surface area is 276 Å². The number of urea groups is 1. The summed E-state index contributed by atoms with van der Waals surface area (Å²) in [7, 11) is -2.89. The van der Waals surface area contributed by atoms with Crippen LogP contribution in [0.25, 0.3) is 0 Å². The fourth-order valence-electron chi connectivity index (χ4n) is 5.13. The second kappa shape index (κ2) is 14.1. The van der Waals surface area contributed by atoms with Crippen LogP contribution in [-0.4, -0.2) is 67.6 Å². The number of amides is 4. The Bertz CT molecular complexity index is 1770. The molecule has 13 nitrogen and oxygen atoms in total. The van der Waals surface area contributed by atoms with Gasteiger partial charge in [0.25, 0.3) is 11.8 Å². The minimum absolute atomic E-state index is 0.187. The van der Waals surface area contributed by atoms with Crippen molar-refractivity contribution in [1.82, 2.24) is 24.6 Å². The molecule has 3 aromatic carbocycles. The lowest BCUT2D eigenvalue weighted by Gasteiger charge is -2.36. The van der Waals surface area contributed by atoms with Gasteiger partial charge in [-0.15, -0.1) is 11.3 Å². The van der Waals surface area contributed by atoms with Gasteiger partial charge in [0.05, 0.1) is 6.54 Å². The second-order valence-corrected chi connectivity index (χ2v) is 13.1. The fourth-order valence-corrected chi connectivity index (χ4v) is 6.90. The Kier molecular flexibility index (Phi) is 9.98. The van der Waals surface area contributed by atoms with Gasteiger partial charge in [-0.2, -0.15) is 13.1 Å². The van der Waals surface area contributed by atoms with Crippen molar-refractivity contribution >= 4 is 50.2 Å². The van der Waals surface area contributed by atoms with Crippen molar-refractivity contribution in [3.63, 3.8) is 0 Å². The number of thiazole rings is 1. The normalized spacial score (nSPS) is 15.1. The van der Waals surface area contributed by atoms with E-state index in [1.807, 2.05) is 91.0 Å². The molecule has 1 aliphatic heterocycles. The Hall–Kier alpha value is -5.12. The molecule has 1 fully saturated rings. The molecule has 0 bridgehead atoms. The Balaban J connectivity index is 1.37. The van der Waals surface area contributed by atoms with E-state index in [9.17, 15) is 22.8 Å². The van der Waals surface area contributed by atoms with E-state index in [2.05, 4.69) is 20.5 Å². The number of imide groups is 1. The minimum Gasteiger partial charge on any atom is -0.398 e. The number of oxime groups is 1. The Morgan fingerprint density at radius 2 is 1.49 bits per heavy atom. The average molecular weight is 676 g/mol. The number of rotatable bonds is 12. The van der Waals surface area contributed by atoms with Crippen LogP contribution in [0.2, 0.25) is 0 Å². The summed E-state index contributed by atoms with van der Waals surface area (Å²) in [6.45, 7) is 2.92. The molecule has 1 saturated heterocycles. The van der Waals surface area contributed by atoms with E-state index in [0.717, 1.165) is 16.7 Å². The summed E-state index contributed by atoms with van der Waals surface area (Å²) < 4.78 is 28.0. The molecule has 4 N–H and O–H groups in total. The maximum atomic E-state index is 13.3. The predicted octanol–water partition coefficient (Wildman–Crippen LogP) is 3.18. The monoisotopic (exact) mass is 675 g/mol. The van der Waals surface area contributed by atoms with Crippen molar-refractivity contribution in [3.05, 3.63) is 119 Å². The molecule has 15 heteroatoms. The highest BCUT2D eigenvalue weighted by Gasteiger charge is 2.44. The summed E-state index contributed by atoms with van der Waals surface area (Å²) in [6.07, 6.45) is 0. The zero-order valence-electron chi connectivity index (χ0n) is 25.7. The number of anilines is 1. The van der Waals surface area contributed by atoms with Crippen molar-refractivity contribution in [1.29, 1.82) is 0 Å². The first-order valence-corrected chi connectivity index (χ1v) is 16.9. The van der Waals surface area contributed by atoms with E-state index in [1.165, 1.54) is 18.4 Å². The molecule has 0 spiro atoms. The van der Waals surface area contributed by atoms with Crippen LogP contribution in [0.15, 0.2) is 102 Å². The number of benzene rings is 3. The number of hydrogen-bond donors (Lipinski definition) is 4. The summed E-state index contributed by atoms with van der Waals surface area (Å²) in [5.41, 5.74) is 2.01. The molecule has 47 heavy (non-hydrogen) atoms. The van der Waals surface area contributed by atoms with Crippen molar-refractivity contribution < 1.29 is 27.6 Å². The third-order valence-electron chi connectivity index (χ3n) is 7.15. The van der Waals surface area contributed by atoms with E-state index in [-0.39, 0.29) is 18.0 Å². The Morgan fingerprint density at radius 1 is 0.957 bits per heavy atom. The number of aromatic nitrogens is 1. The lowest BCUT2D eigenvalue weighted by Crippen LogP contribution is -2.68. The maximum absolute atomic E-state index is 13.3. The van der Waals surface area contributed by atoms with Gasteiger partial charge in [-0.05, 0) is 30.5 Å². The second-order valence-electron chi connectivity index (χ2n) is 10.8. The summed E-state index contributed by atoms with van der Waals surface area (Å²) >= 11 is 1.26. The van der Waals surface area contributed by atoms with Crippen molar-refractivity contribution in [3.8, 4) is 0 Å². The van der Waals surface area contributed by atoms with Gasteiger partial charge >= 0.3 is 16.2 Å². The van der Waals surface area contributed by atoms with Crippen LogP contribution in [0.4, 0.5) is 9.93 Å². The highest BCUT2D eigenvalue weighted by Crippen LogP contribution is 2.40. The summed E-state index contributed by atoms with van der Waals surface area (Å²) in [4.78, 5) is 48.6. The molecule has 244 valence electrons. The number of likely N-dealkylation sites (tertiary alicyclic amines) is 1. The standard InChI is InChI=1S/C32H33N7O6S2/c1-21(2)37-47(43,44)38-31(42)39-19-25(29(39)41)33-28(40)27(36-45-3)26-20-46-30(34-26)35-32(22-13-7-4-8-14-22,23-15-9-5-10-16-23)24-17-11-6-12-18-24/h4-18,20-21,25,37H,19H2,1-3H3,(H,33,40)(H,34,35)(H,38,42)/b36-27-/t25-/m0/s1. The summed E-state index contributed by atoms with van der Waals surface area (Å²) in [5.74, 6) is -1.55. The molecule has 4 amide bonds. The van der Waals surface area contributed by atoms with Crippen LogP contribution in [-0.2, 0) is 30.2 Å². The maximum Gasteiger partial charge on any atom is 0.338 e. The van der Waals surface area contributed by atoms with Crippen LogP contribution < -0.4 is 20.1 Å². The van der Waals surface area contributed by atoms with Gasteiger partial charge in [-0.1, -0.05) is 96.2 Å². The van der Waals surface area contributed by atoms with E-state index in [4.69, 9.17) is 9.82 Å². The van der Waals surface area contributed by atoms with Crippen LogP contribution in [0.1, 0.15) is 36.2 Å². The first kappa shape index (κ1) is 33.2. The number of hydrogen-bond acceptors (Lipinski definition) is 10. The fraction of sp³-hybridized carbons (Fsp3) is 0.219. The largest absolute Gasteiger partial charge is 0.398 e. The van der Waals surface area contributed by atoms with Gasteiger partial charge in [0.15, 0.2) is 10.8 Å². The number of carbonyl (C=O) groups excluding carboxylic acids is 3. The third kappa shape index (κ3) is 7.32. The lowest BCUT2D eigenvalue weighted by atomic mass is 9.77. The van der Waals surface area contributed by atoms with E-state index < -0.39 is 45.7 Å². The first-order chi connectivity index (χ1) is 22.5. The Morgan fingerprint density at radius 3 is 1.96 bits per heavy atom. The van der Waals surface area contributed by atoms with Gasteiger partial charge in [0, 0.05) is 11.4 Å². The van der Waals surface area contributed by atoms with Crippen LogP contribution in [0, 0.1) is 0 Å². The highest BCUT2D eigenvalue weighted by molar-refractivity contribution is 7.88. The number of β-lactam (4-membered cyclic amide) rings is 1. The molecule has 1 aliphatic rings. The average Bonchev–Trinajstić information content (AvgIpc) is 3.52. The molecule has 1 aromatic heterocycles. The molecular formula is C32H33N7O6S2. The number of carbonyl (C=O) groups is 3. The van der Waals surface area contributed by atoms with E-state index in [0.29, 0.717) is 10.0 Å². The molecule has 0 unspecified atom stereocenters. The molecule has 4 aromatic rings. The third-order valence-corrected chi connectivity index (χ3v) is 9.13. The van der Waals surface area contributed by atoms with Gasteiger partial charge in [-0.25, -0.2) is 14.5 Å². The van der Waals surface area contributed by atoms with Crippen LogP contribution >= 0.6 is 11.3 Å². The molecule has 1 atom stereocenters. The number of nitrogens with one attached hydrogen (secondary N) is 4. The molecule has 5 rings (SSSR count). The lowest BCUT2D eigenvalue weighted by molar-refractivity contribution is -0.141. The van der Waals surface area contributed by atoms with Crippen molar-refractivity contribution in [2.24, 2.45) is 5.16 Å². The molecule has 0 saturated carbocycles. The van der Waals surface area contributed by atoms with Crippen molar-refractivity contribution in [2.45, 2.75) is 31.5 Å². The molecule has 0 radical (unpaired) electrons. The van der Waals surface area contributed by atoms with Crippen LogP contribution in [0.3, 0.4) is 0 Å². The molecular weight excluding hydrogens is 643 g/mol. The summed E-state index contributed by atoms with van der Waals surface area (Å²) in [5, 5.41) is 12.2. The predicted molar refractivity (Wildman–Crippen MR) is 178 cm³/mol. The minimum atomic E-state index is -4.17. The zero-order chi connectivity index (χ0) is 33.6. The van der Waals surface area contributed by atoms with E-state index in [1.54, 1.807) is 23.9 Å². The smallest absolute Gasteiger partial charge is 0.338 e. The highest BCUT2D eigenvalue weighted by atomic mass is 32.2. The van der Waals surface area contributed by atoms with Crippen molar-refractivity contribution in [2.75, 3.05) is 19.0 Å². The number of nitrogens with zero attached hydrogens (tertiary/aromatic N) is 3. The van der Waals surface area contributed by atoms with Gasteiger partial charge in [0.1, 0.15) is 24.4 Å². The summed E-state index contributed by atoms with van der Waals surface area (Å²) in [6, 6.07) is 27.1. The molecule has 0 aliphatic carbocycles. The van der Waals surface area contributed by atoms with Gasteiger partial charge in [-0.3, -0.25) is 14.5 Å². The topological polar surface area (TPSA) is 171 Å². The first-order valence-electron chi connectivity index (χ1n) is 14.5. The molecule has 2 heterocycles. The zero-order valence-corrected chi connectivity index (χ0v) is 27.3. The quantitative estimate of drug-likeness (QED) is 0.0768. The van der Waals surface area contributed by atoms with Crippen LogP contribution in [0.5, 0.6) is 0 Å². The van der Waals surface area contributed by atoms with E-state index >= 15 is 0 Å². The van der Waals surface area contributed by atoms with Gasteiger partial charge in [0.2, 0.25) is 0 Å².